The topological polar surface area (TPSA) is 125 Å². The van der Waals surface area contributed by atoms with Crippen molar-refractivity contribution in [2.24, 2.45) is 5.92 Å². The van der Waals surface area contributed by atoms with Gasteiger partial charge in [-0.1, -0.05) is 0 Å². The number of thiazole rings is 1. The highest BCUT2D eigenvalue weighted by molar-refractivity contribution is 7.21. The van der Waals surface area contributed by atoms with E-state index in [1.165, 1.54) is 18.4 Å². The standard InChI is InChI=1S/C20H23F3N6O3S/c1-9-14(18-28-12-6-24-4-3-13(12)33-18)17(29-19(26-9)25-8-20(21,22)23)27-11-5-10(7-32-2)15(30)16(11)31/h3-4,6,10-11,15-16,30-31H,5,7-8H2,1-2H3,(H2,25,26,27,29). The van der Waals surface area contributed by atoms with Gasteiger partial charge >= 0.3 is 6.18 Å². The number of aryl methyl sites for hydroxylation is 1. The third-order valence-corrected chi connectivity index (χ3v) is 6.50. The number of hydrogen-bond acceptors (Lipinski definition) is 10. The molecule has 4 rings (SSSR count). The second-order valence-electron chi connectivity index (χ2n) is 7.87. The number of pyridine rings is 1. The summed E-state index contributed by atoms with van der Waals surface area (Å²) in [6.45, 7) is 0.618. The van der Waals surface area contributed by atoms with E-state index in [1.54, 1.807) is 19.3 Å². The van der Waals surface area contributed by atoms with Gasteiger partial charge in [-0.3, -0.25) is 4.98 Å². The van der Waals surface area contributed by atoms with Crippen molar-refractivity contribution in [2.75, 3.05) is 30.9 Å². The maximum absolute atomic E-state index is 12.7. The van der Waals surface area contributed by atoms with Crippen molar-refractivity contribution < 1.29 is 28.1 Å². The van der Waals surface area contributed by atoms with Crippen molar-refractivity contribution in [3.05, 3.63) is 24.2 Å². The van der Waals surface area contributed by atoms with Crippen LogP contribution >= 0.6 is 11.3 Å². The van der Waals surface area contributed by atoms with Crippen LogP contribution in [0.2, 0.25) is 0 Å². The number of aliphatic hydroxyl groups excluding tert-OH is 2. The number of aromatic nitrogens is 4. The fourth-order valence-corrected chi connectivity index (χ4v) is 4.93. The summed E-state index contributed by atoms with van der Waals surface area (Å²) in [7, 11) is 1.51. The lowest BCUT2D eigenvalue weighted by molar-refractivity contribution is -0.115. The predicted octanol–water partition coefficient (Wildman–Crippen LogP) is 2.60. The minimum absolute atomic E-state index is 0.208. The smallest absolute Gasteiger partial charge is 0.390 e. The molecule has 4 unspecified atom stereocenters. The lowest BCUT2D eigenvalue weighted by atomic mass is 10.1. The molecule has 0 saturated heterocycles. The van der Waals surface area contributed by atoms with E-state index < -0.39 is 31.0 Å². The summed E-state index contributed by atoms with van der Waals surface area (Å²) in [5.74, 6) is -0.293. The molecule has 3 aromatic rings. The van der Waals surface area contributed by atoms with Gasteiger partial charge in [-0.25, -0.2) is 9.97 Å². The predicted molar refractivity (Wildman–Crippen MR) is 117 cm³/mol. The van der Waals surface area contributed by atoms with Gasteiger partial charge in [0, 0.05) is 19.2 Å². The summed E-state index contributed by atoms with van der Waals surface area (Å²) in [4.78, 5) is 17.1. The Balaban J connectivity index is 1.72. The number of nitrogens with zero attached hydrogens (tertiary/aromatic N) is 4. The highest BCUT2D eigenvalue weighted by Gasteiger charge is 2.42. The molecular formula is C20H23F3N6O3S. The molecule has 0 bridgehead atoms. The lowest BCUT2D eigenvalue weighted by Crippen LogP contribution is -2.36. The van der Waals surface area contributed by atoms with E-state index in [2.05, 4.69) is 30.6 Å². The molecule has 1 fully saturated rings. The van der Waals surface area contributed by atoms with Crippen molar-refractivity contribution in [2.45, 2.75) is 37.8 Å². The van der Waals surface area contributed by atoms with Crippen LogP contribution in [-0.2, 0) is 4.74 Å². The molecule has 3 aromatic heterocycles. The van der Waals surface area contributed by atoms with Crippen LogP contribution in [0, 0.1) is 12.8 Å². The average molecular weight is 485 g/mol. The number of aliphatic hydroxyl groups is 2. The lowest BCUT2D eigenvalue weighted by Gasteiger charge is -2.21. The molecule has 4 N–H and O–H groups in total. The van der Waals surface area contributed by atoms with Crippen LogP contribution in [0.3, 0.4) is 0 Å². The fourth-order valence-electron chi connectivity index (χ4n) is 3.90. The van der Waals surface area contributed by atoms with Crippen molar-refractivity contribution in [1.82, 2.24) is 19.9 Å². The van der Waals surface area contributed by atoms with Gasteiger partial charge in [0.2, 0.25) is 5.95 Å². The summed E-state index contributed by atoms with van der Waals surface area (Å²) in [5, 5.41) is 26.8. The second-order valence-corrected chi connectivity index (χ2v) is 8.90. The van der Waals surface area contributed by atoms with Crippen LogP contribution in [0.15, 0.2) is 18.5 Å². The van der Waals surface area contributed by atoms with E-state index in [0.29, 0.717) is 28.2 Å². The number of ether oxygens (including phenoxy) is 1. The maximum atomic E-state index is 12.7. The van der Waals surface area contributed by atoms with E-state index in [4.69, 9.17) is 4.74 Å². The van der Waals surface area contributed by atoms with Gasteiger partial charge in [-0.15, -0.1) is 11.3 Å². The molecule has 0 amide bonds. The molecule has 0 aromatic carbocycles. The maximum Gasteiger partial charge on any atom is 0.405 e. The normalized spacial score (nSPS) is 23.2. The van der Waals surface area contributed by atoms with E-state index in [1.807, 2.05) is 6.07 Å². The summed E-state index contributed by atoms with van der Waals surface area (Å²) in [6.07, 6.45) is -2.92. The van der Waals surface area contributed by atoms with Gasteiger partial charge in [0.15, 0.2) is 0 Å². The fraction of sp³-hybridized carbons (Fsp3) is 0.500. The van der Waals surface area contributed by atoms with E-state index >= 15 is 0 Å². The SMILES string of the molecule is COCC1CC(Nc2nc(NCC(F)(F)F)nc(C)c2-c2nc3cnccc3s2)C(O)C1O. The molecular weight excluding hydrogens is 461 g/mol. The number of rotatable bonds is 7. The number of anilines is 2. The van der Waals surface area contributed by atoms with Gasteiger partial charge < -0.3 is 25.6 Å². The number of methoxy groups -OCH3 is 1. The molecule has 9 nitrogen and oxygen atoms in total. The van der Waals surface area contributed by atoms with Gasteiger partial charge in [-0.05, 0) is 19.4 Å². The largest absolute Gasteiger partial charge is 0.405 e. The van der Waals surface area contributed by atoms with E-state index in [0.717, 1.165) is 4.70 Å². The zero-order chi connectivity index (χ0) is 23.8. The number of hydrogen-bond donors (Lipinski definition) is 4. The zero-order valence-corrected chi connectivity index (χ0v) is 18.6. The summed E-state index contributed by atoms with van der Waals surface area (Å²) < 4.78 is 44.2. The Morgan fingerprint density at radius 3 is 2.70 bits per heavy atom. The van der Waals surface area contributed by atoms with Crippen molar-refractivity contribution in [3.63, 3.8) is 0 Å². The van der Waals surface area contributed by atoms with Gasteiger partial charge in [0.05, 0.1) is 40.9 Å². The van der Waals surface area contributed by atoms with Gasteiger partial charge in [0.1, 0.15) is 29.0 Å². The van der Waals surface area contributed by atoms with Crippen LogP contribution in [0.4, 0.5) is 24.9 Å². The first-order valence-electron chi connectivity index (χ1n) is 10.2. The highest BCUT2D eigenvalue weighted by atomic mass is 32.1. The highest BCUT2D eigenvalue weighted by Crippen LogP contribution is 2.38. The molecule has 33 heavy (non-hydrogen) atoms. The van der Waals surface area contributed by atoms with Gasteiger partial charge in [0.25, 0.3) is 0 Å². The first kappa shape index (κ1) is 23.5. The number of halogens is 3. The van der Waals surface area contributed by atoms with E-state index in [-0.39, 0.29) is 24.3 Å². The van der Waals surface area contributed by atoms with Crippen molar-refractivity contribution >= 4 is 33.3 Å². The Morgan fingerprint density at radius 1 is 1.21 bits per heavy atom. The molecule has 3 heterocycles. The van der Waals surface area contributed by atoms with Crippen LogP contribution < -0.4 is 10.6 Å². The molecule has 4 atom stereocenters. The molecule has 1 aliphatic rings. The Kier molecular flexibility index (Phi) is 6.66. The van der Waals surface area contributed by atoms with Crippen LogP contribution in [-0.4, -0.2) is 74.8 Å². The summed E-state index contributed by atoms with van der Waals surface area (Å²) >= 11 is 1.37. The monoisotopic (exact) mass is 484 g/mol. The molecule has 0 radical (unpaired) electrons. The minimum Gasteiger partial charge on any atom is -0.390 e. The summed E-state index contributed by atoms with van der Waals surface area (Å²) in [6, 6.07) is 1.21. The molecule has 0 spiro atoms. The van der Waals surface area contributed by atoms with Crippen molar-refractivity contribution in [1.29, 1.82) is 0 Å². The Bertz CT molecular complexity index is 1100. The average Bonchev–Trinajstić information content (AvgIpc) is 3.28. The third kappa shape index (κ3) is 5.16. The first-order valence-corrected chi connectivity index (χ1v) is 11.0. The second kappa shape index (κ2) is 9.33. The first-order chi connectivity index (χ1) is 15.7. The van der Waals surface area contributed by atoms with E-state index in [9.17, 15) is 23.4 Å². The quantitative estimate of drug-likeness (QED) is 0.400. The minimum atomic E-state index is -4.44. The Morgan fingerprint density at radius 2 is 2.00 bits per heavy atom. The zero-order valence-electron chi connectivity index (χ0n) is 17.8. The molecule has 178 valence electrons. The molecule has 1 aliphatic carbocycles. The van der Waals surface area contributed by atoms with Crippen LogP contribution in [0.5, 0.6) is 0 Å². The van der Waals surface area contributed by atoms with Crippen LogP contribution in [0.1, 0.15) is 12.1 Å². The molecule has 0 aliphatic heterocycles. The van der Waals surface area contributed by atoms with Crippen LogP contribution in [0.25, 0.3) is 20.8 Å². The number of alkyl halides is 3. The molecule has 13 heteroatoms. The Hall–Kier alpha value is -2.61. The number of fused-ring (bicyclic) bond motifs is 1. The number of nitrogens with one attached hydrogen (secondary N) is 2. The Labute approximate surface area is 191 Å². The van der Waals surface area contributed by atoms with Crippen molar-refractivity contribution in [3.8, 4) is 10.6 Å². The summed E-state index contributed by atoms with van der Waals surface area (Å²) in [5.41, 5.74) is 1.58. The van der Waals surface area contributed by atoms with Gasteiger partial charge in [-0.2, -0.15) is 18.2 Å². The third-order valence-electron chi connectivity index (χ3n) is 5.45. The molecule has 1 saturated carbocycles.